The Hall–Kier alpha value is -2.84. The van der Waals surface area contributed by atoms with Crippen LogP contribution in [-0.4, -0.2) is 27.7 Å². The Morgan fingerprint density at radius 1 is 1.22 bits per heavy atom. The number of nitrogens with one attached hydrogen (secondary N) is 2. The van der Waals surface area contributed by atoms with E-state index >= 15 is 0 Å². The highest BCUT2D eigenvalue weighted by Gasteiger charge is 2.24. The van der Waals surface area contributed by atoms with E-state index in [0.29, 0.717) is 28.1 Å². The van der Waals surface area contributed by atoms with Gasteiger partial charge in [0.15, 0.2) is 10.9 Å². The molecule has 0 radical (unpaired) electrons. The number of hydrogen-bond donors (Lipinski definition) is 2. The number of carbonyl (C=O) groups is 1. The van der Waals surface area contributed by atoms with Crippen LogP contribution in [0.3, 0.4) is 0 Å². The van der Waals surface area contributed by atoms with Gasteiger partial charge in [-0.2, -0.15) is 0 Å². The highest BCUT2D eigenvalue weighted by molar-refractivity contribution is 7.80. The smallest absolute Gasteiger partial charge is 0.341 e. The second kappa shape index (κ2) is 8.70. The van der Waals surface area contributed by atoms with E-state index in [1.165, 1.54) is 11.3 Å². The van der Waals surface area contributed by atoms with Gasteiger partial charge in [0, 0.05) is 22.8 Å². The van der Waals surface area contributed by atoms with Crippen LogP contribution in [0.1, 0.15) is 22.2 Å². The Kier molecular flexibility index (Phi) is 6.10. The molecule has 138 valence electrons. The summed E-state index contributed by atoms with van der Waals surface area (Å²) in [5, 5.41) is 7.01. The molecule has 0 fully saturated rings. The van der Waals surface area contributed by atoms with Crippen LogP contribution in [0, 0.1) is 6.92 Å². The van der Waals surface area contributed by atoms with Crippen molar-refractivity contribution in [3.8, 4) is 11.1 Å². The number of benzene rings is 1. The Bertz CT molecular complexity index is 943. The largest absolute Gasteiger partial charge is 0.462 e. The molecule has 27 heavy (non-hydrogen) atoms. The fourth-order valence-electron chi connectivity index (χ4n) is 2.60. The number of thiocarbonyl (C=S) groups is 1. The van der Waals surface area contributed by atoms with Crippen LogP contribution in [0.15, 0.2) is 48.9 Å². The standard InChI is InChI=1S/C19H18N4O2S2/c1-3-25-18(24)16-15(13-7-5-4-6-8-13)12(2)27-17(16)23-19(26)22-14-11-20-9-10-21-14/h4-11H,3H2,1-2H3,(H2,21,22,23,26). The highest BCUT2D eigenvalue weighted by Crippen LogP contribution is 2.40. The Labute approximate surface area is 166 Å². The molecule has 2 aromatic heterocycles. The number of thiophene rings is 1. The first kappa shape index (κ1) is 18.9. The van der Waals surface area contributed by atoms with Crippen LogP contribution in [0.25, 0.3) is 11.1 Å². The summed E-state index contributed by atoms with van der Waals surface area (Å²) in [5.74, 6) is 0.134. The van der Waals surface area contributed by atoms with Gasteiger partial charge in [-0.15, -0.1) is 11.3 Å². The molecule has 0 amide bonds. The van der Waals surface area contributed by atoms with Crippen molar-refractivity contribution >= 4 is 45.5 Å². The first-order valence-electron chi connectivity index (χ1n) is 8.30. The van der Waals surface area contributed by atoms with Crippen molar-refractivity contribution in [2.45, 2.75) is 13.8 Å². The summed E-state index contributed by atoms with van der Waals surface area (Å²) in [7, 11) is 0. The lowest BCUT2D eigenvalue weighted by atomic mass is 10.0. The van der Waals surface area contributed by atoms with Crippen LogP contribution in [0.2, 0.25) is 0 Å². The second-order valence-electron chi connectivity index (χ2n) is 5.49. The minimum atomic E-state index is -0.384. The van der Waals surface area contributed by atoms with Crippen molar-refractivity contribution in [1.29, 1.82) is 0 Å². The lowest BCUT2D eigenvalue weighted by Gasteiger charge is -2.11. The van der Waals surface area contributed by atoms with Gasteiger partial charge in [0.25, 0.3) is 0 Å². The molecule has 8 heteroatoms. The van der Waals surface area contributed by atoms with Crippen molar-refractivity contribution in [2.24, 2.45) is 0 Å². The van der Waals surface area contributed by atoms with Crippen LogP contribution < -0.4 is 10.6 Å². The predicted molar refractivity (Wildman–Crippen MR) is 112 cm³/mol. The molecule has 6 nitrogen and oxygen atoms in total. The normalized spacial score (nSPS) is 10.3. The third kappa shape index (κ3) is 4.47. The molecule has 0 aliphatic carbocycles. The Morgan fingerprint density at radius 3 is 2.67 bits per heavy atom. The molecule has 0 bridgehead atoms. The quantitative estimate of drug-likeness (QED) is 0.484. The number of hydrogen-bond acceptors (Lipinski definition) is 6. The monoisotopic (exact) mass is 398 g/mol. The Morgan fingerprint density at radius 2 is 2.00 bits per heavy atom. The van der Waals surface area contributed by atoms with E-state index < -0.39 is 0 Å². The van der Waals surface area contributed by atoms with Crippen molar-refractivity contribution < 1.29 is 9.53 Å². The van der Waals surface area contributed by atoms with Gasteiger partial charge in [-0.1, -0.05) is 30.3 Å². The molecular formula is C19H18N4O2S2. The van der Waals surface area contributed by atoms with Crippen LogP contribution in [0.4, 0.5) is 10.8 Å². The van der Waals surface area contributed by atoms with Gasteiger partial charge in [-0.3, -0.25) is 4.98 Å². The molecule has 2 N–H and O–H groups in total. The number of esters is 1. The maximum Gasteiger partial charge on any atom is 0.341 e. The summed E-state index contributed by atoms with van der Waals surface area (Å²) < 4.78 is 5.29. The minimum Gasteiger partial charge on any atom is -0.462 e. The molecular weight excluding hydrogens is 380 g/mol. The molecule has 3 aromatic rings. The fourth-order valence-corrected chi connectivity index (χ4v) is 3.94. The van der Waals surface area contributed by atoms with E-state index in [4.69, 9.17) is 17.0 Å². The van der Waals surface area contributed by atoms with Crippen molar-refractivity contribution in [1.82, 2.24) is 9.97 Å². The second-order valence-corrected chi connectivity index (χ2v) is 7.13. The van der Waals surface area contributed by atoms with Crippen LogP contribution in [-0.2, 0) is 4.74 Å². The van der Waals surface area contributed by atoms with Gasteiger partial charge in [-0.05, 0) is 31.6 Å². The summed E-state index contributed by atoms with van der Waals surface area (Å²) in [4.78, 5) is 21.8. The average Bonchev–Trinajstić information content (AvgIpc) is 2.99. The van der Waals surface area contributed by atoms with Gasteiger partial charge in [0.05, 0.1) is 12.8 Å². The SMILES string of the molecule is CCOC(=O)c1c(NC(=S)Nc2cnccn2)sc(C)c1-c1ccccc1. The predicted octanol–water partition coefficient (Wildman–Crippen LogP) is 4.50. The first-order chi connectivity index (χ1) is 13.1. The summed E-state index contributed by atoms with van der Waals surface area (Å²) in [5.41, 5.74) is 2.29. The molecule has 0 aliphatic rings. The number of carbonyl (C=O) groups excluding carboxylic acids is 1. The topological polar surface area (TPSA) is 76.1 Å². The number of anilines is 2. The summed E-state index contributed by atoms with van der Waals surface area (Å²) in [6.07, 6.45) is 4.71. The molecule has 0 atom stereocenters. The summed E-state index contributed by atoms with van der Waals surface area (Å²) >= 11 is 6.82. The van der Waals surface area contributed by atoms with Gasteiger partial charge in [0.1, 0.15) is 10.6 Å². The minimum absolute atomic E-state index is 0.295. The third-order valence-corrected chi connectivity index (χ3v) is 4.88. The number of aryl methyl sites for hydroxylation is 1. The number of ether oxygens (including phenoxy) is 1. The molecule has 0 aliphatic heterocycles. The summed E-state index contributed by atoms with van der Waals surface area (Å²) in [6, 6.07) is 9.76. The number of nitrogens with zero attached hydrogens (tertiary/aromatic N) is 2. The molecule has 3 rings (SSSR count). The van der Waals surface area contributed by atoms with E-state index in [9.17, 15) is 4.79 Å². The van der Waals surface area contributed by atoms with Crippen LogP contribution >= 0.6 is 23.6 Å². The zero-order valence-electron chi connectivity index (χ0n) is 14.9. The summed E-state index contributed by atoms with van der Waals surface area (Å²) in [6.45, 7) is 4.05. The number of rotatable bonds is 5. The Balaban J connectivity index is 1.95. The molecule has 0 unspecified atom stereocenters. The zero-order valence-corrected chi connectivity index (χ0v) is 16.5. The van der Waals surface area contributed by atoms with Gasteiger partial charge >= 0.3 is 5.97 Å². The molecule has 2 heterocycles. The molecule has 0 saturated carbocycles. The molecule has 1 aromatic carbocycles. The lowest BCUT2D eigenvalue weighted by Crippen LogP contribution is -2.21. The van der Waals surface area contributed by atoms with Crippen molar-refractivity contribution in [3.05, 3.63) is 59.4 Å². The van der Waals surface area contributed by atoms with Crippen molar-refractivity contribution in [3.63, 3.8) is 0 Å². The average molecular weight is 399 g/mol. The molecule has 0 saturated heterocycles. The van der Waals surface area contributed by atoms with E-state index in [1.54, 1.807) is 25.5 Å². The van der Waals surface area contributed by atoms with E-state index in [1.807, 2.05) is 37.3 Å². The molecule has 0 spiro atoms. The maximum absolute atomic E-state index is 12.7. The van der Waals surface area contributed by atoms with E-state index in [-0.39, 0.29) is 5.97 Å². The maximum atomic E-state index is 12.7. The van der Waals surface area contributed by atoms with Gasteiger partial charge < -0.3 is 15.4 Å². The fraction of sp³-hybridized carbons (Fsp3) is 0.158. The van der Waals surface area contributed by atoms with E-state index in [0.717, 1.165) is 16.0 Å². The third-order valence-electron chi connectivity index (χ3n) is 3.66. The highest BCUT2D eigenvalue weighted by atomic mass is 32.1. The zero-order chi connectivity index (χ0) is 19.2. The van der Waals surface area contributed by atoms with Crippen molar-refractivity contribution in [2.75, 3.05) is 17.2 Å². The van der Waals surface area contributed by atoms with Crippen LogP contribution in [0.5, 0.6) is 0 Å². The number of aromatic nitrogens is 2. The van der Waals surface area contributed by atoms with Gasteiger partial charge in [0.2, 0.25) is 0 Å². The first-order valence-corrected chi connectivity index (χ1v) is 9.52. The van der Waals surface area contributed by atoms with E-state index in [2.05, 4.69) is 20.6 Å². The lowest BCUT2D eigenvalue weighted by molar-refractivity contribution is 0.0529. The van der Waals surface area contributed by atoms with Gasteiger partial charge in [-0.25, -0.2) is 9.78 Å².